The van der Waals surface area contributed by atoms with E-state index in [1.165, 1.54) is 19.3 Å². The fourth-order valence-electron chi connectivity index (χ4n) is 4.52. The van der Waals surface area contributed by atoms with Crippen molar-refractivity contribution in [1.29, 1.82) is 0 Å². The van der Waals surface area contributed by atoms with Gasteiger partial charge in [-0.2, -0.15) is 4.98 Å². The average Bonchev–Trinajstić information content (AvgIpc) is 3.21. The average molecular weight is 426 g/mol. The standard InChI is InChI=1S/C22H28N6OS/c1-24-16-6-4-5-7-18(16)28(2,3)20-11-9-15(21(23)29)22(27-20)26-14-8-10-17-19(12-14)30-13-25-17/h8-13,16,18,24H,4-7H2,1-3H3,(H2-,23,26,27,29)/p+1. The van der Waals surface area contributed by atoms with Gasteiger partial charge >= 0.3 is 0 Å². The minimum atomic E-state index is -0.494. The molecule has 4 rings (SSSR count). The normalized spacial score (nSPS) is 19.7. The molecule has 8 heteroatoms. The van der Waals surface area contributed by atoms with Crippen molar-refractivity contribution in [2.24, 2.45) is 5.73 Å². The van der Waals surface area contributed by atoms with Gasteiger partial charge in [0, 0.05) is 18.2 Å². The lowest BCUT2D eigenvalue weighted by molar-refractivity contribution is 0.100. The first-order chi connectivity index (χ1) is 14.4. The number of nitrogens with one attached hydrogen (secondary N) is 2. The summed E-state index contributed by atoms with van der Waals surface area (Å²) in [6.07, 6.45) is 4.79. The zero-order chi connectivity index (χ0) is 21.3. The van der Waals surface area contributed by atoms with Crippen molar-refractivity contribution < 1.29 is 4.79 Å². The lowest BCUT2D eigenvalue weighted by Gasteiger charge is -2.43. The molecule has 7 nitrogen and oxygen atoms in total. The van der Waals surface area contributed by atoms with Gasteiger partial charge in [0.15, 0.2) is 0 Å². The monoisotopic (exact) mass is 425 g/mol. The first kappa shape index (κ1) is 20.7. The summed E-state index contributed by atoms with van der Waals surface area (Å²) in [6, 6.07) is 10.5. The number of primary amides is 1. The van der Waals surface area contributed by atoms with E-state index in [0.29, 0.717) is 27.9 Å². The van der Waals surface area contributed by atoms with Crippen molar-refractivity contribution in [3.63, 3.8) is 0 Å². The minimum absolute atomic E-state index is 0.386. The Labute approximate surface area is 180 Å². The maximum Gasteiger partial charge on any atom is 0.252 e. The van der Waals surface area contributed by atoms with Gasteiger partial charge in [0.2, 0.25) is 5.82 Å². The number of hydrogen-bond donors (Lipinski definition) is 3. The van der Waals surface area contributed by atoms with Crippen LogP contribution < -0.4 is 20.9 Å². The summed E-state index contributed by atoms with van der Waals surface area (Å²) >= 11 is 1.58. The van der Waals surface area contributed by atoms with E-state index in [4.69, 9.17) is 10.7 Å². The number of carbonyl (C=O) groups excluding carboxylic acids is 1. The van der Waals surface area contributed by atoms with E-state index in [2.05, 4.69) is 29.7 Å². The third kappa shape index (κ3) is 3.90. The number of amides is 1. The van der Waals surface area contributed by atoms with Gasteiger partial charge < -0.3 is 16.4 Å². The number of hydrogen-bond acceptors (Lipinski definition) is 6. The van der Waals surface area contributed by atoms with Crippen LogP contribution in [0.2, 0.25) is 0 Å². The molecule has 4 N–H and O–H groups in total. The smallest absolute Gasteiger partial charge is 0.252 e. The van der Waals surface area contributed by atoms with Crippen LogP contribution in [0.3, 0.4) is 0 Å². The Kier molecular flexibility index (Phi) is 5.73. The second-order valence-electron chi connectivity index (χ2n) is 8.38. The maximum absolute atomic E-state index is 12.1. The number of quaternary nitrogens is 1. The Bertz CT molecular complexity index is 1060. The molecule has 2 unspecified atom stereocenters. The molecule has 1 aromatic carbocycles. The van der Waals surface area contributed by atoms with E-state index >= 15 is 0 Å². The van der Waals surface area contributed by atoms with E-state index in [1.807, 2.05) is 36.8 Å². The Balaban J connectivity index is 1.70. The molecule has 0 spiro atoms. The fourth-order valence-corrected chi connectivity index (χ4v) is 5.24. The largest absolute Gasteiger partial charge is 0.365 e. The molecule has 0 aliphatic heterocycles. The SMILES string of the molecule is CNC1CCCCC1[N+](C)(C)c1ccc(C(N)=O)c(Nc2ccc3ncsc3c2)n1. The number of pyridine rings is 1. The molecule has 0 radical (unpaired) electrons. The second kappa shape index (κ2) is 8.29. The van der Waals surface area contributed by atoms with Gasteiger partial charge in [-0.25, -0.2) is 4.98 Å². The number of anilines is 2. The maximum atomic E-state index is 12.1. The Hall–Kier alpha value is -2.55. The molecule has 158 valence electrons. The van der Waals surface area contributed by atoms with Gasteiger partial charge in [0.1, 0.15) is 11.9 Å². The fraction of sp³-hybridized carbons (Fsp3) is 0.409. The highest BCUT2D eigenvalue weighted by molar-refractivity contribution is 7.16. The number of aromatic nitrogens is 2. The quantitative estimate of drug-likeness (QED) is 0.525. The van der Waals surface area contributed by atoms with E-state index in [1.54, 1.807) is 17.4 Å². The van der Waals surface area contributed by atoms with Crippen LogP contribution in [-0.4, -0.2) is 49.1 Å². The van der Waals surface area contributed by atoms with Crippen LogP contribution in [0.4, 0.5) is 17.3 Å². The predicted molar refractivity (Wildman–Crippen MR) is 124 cm³/mol. The number of nitrogens with two attached hydrogens (primary N) is 1. The number of likely N-dealkylation sites (N-methyl/N-ethyl adjacent to an activating group) is 2. The highest BCUT2D eigenvalue weighted by atomic mass is 32.1. The Morgan fingerprint density at radius 2 is 2.00 bits per heavy atom. The summed E-state index contributed by atoms with van der Waals surface area (Å²) < 4.78 is 1.72. The molecule has 2 heterocycles. The van der Waals surface area contributed by atoms with E-state index in [0.717, 1.165) is 28.1 Å². The molecule has 1 saturated carbocycles. The number of nitrogens with zero attached hydrogens (tertiary/aromatic N) is 3. The van der Waals surface area contributed by atoms with Crippen LogP contribution in [0.25, 0.3) is 10.2 Å². The van der Waals surface area contributed by atoms with E-state index in [-0.39, 0.29) is 0 Å². The number of carbonyl (C=O) groups is 1. The van der Waals surface area contributed by atoms with Gasteiger partial charge in [0.05, 0.1) is 41.4 Å². The van der Waals surface area contributed by atoms with Crippen molar-refractivity contribution in [2.75, 3.05) is 26.5 Å². The lowest BCUT2D eigenvalue weighted by atomic mass is 9.88. The number of benzene rings is 1. The Morgan fingerprint density at radius 1 is 1.20 bits per heavy atom. The zero-order valence-corrected chi connectivity index (χ0v) is 18.5. The topological polar surface area (TPSA) is 92.9 Å². The van der Waals surface area contributed by atoms with Gasteiger partial charge in [-0.15, -0.1) is 11.3 Å². The summed E-state index contributed by atoms with van der Waals surface area (Å²) in [5.74, 6) is 0.909. The molecule has 2 atom stereocenters. The van der Waals surface area contributed by atoms with Crippen LogP contribution >= 0.6 is 11.3 Å². The molecule has 2 aromatic heterocycles. The van der Waals surface area contributed by atoms with Crippen molar-refractivity contribution in [3.05, 3.63) is 41.4 Å². The molecule has 0 bridgehead atoms. The molecule has 30 heavy (non-hydrogen) atoms. The number of fused-ring (bicyclic) bond motifs is 1. The lowest BCUT2D eigenvalue weighted by Crippen LogP contribution is -2.60. The molecule has 1 aliphatic carbocycles. The van der Waals surface area contributed by atoms with Crippen molar-refractivity contribution >= 4 is 44.8 Å². The third-order valence-corrected chi connectivity index (χ3v) is 7.05. The Morgan fingerprint density at radius 3 is 2.77 bits per heavy atom. The number of thiazole rings is 1. The molecule has 1 fully saturated rings. The van der Waals surface area contributed by atoms with Crippen LogP contribution in [0.5, 0.6) is 0 Å². The summed E-state index contributed by atoms with van der Waals surface area (Å²) in [6.45, 7) is 0. The van der Waals surface area contributed by atoms with E-state index < -0.39 is 5.91 Å². The molecule has 1 amide bonds. The molecule has 3 aromatic rings. The van der Waals surface area contributed by atoms with Crippen molar-refractivity contribution in [3.8, 4) is 0 Å². The number of rotatable bonds is 6. The summed E-state index contributed by atoms with van der Waals surface area (Å²) in [4.78, 5) is 21.3. The van der Waals surface area contributed by atoms with E-state index in [9.17, 15) is 4.79 Å². The molecule has 0 saturated heterocycles. The summed E-state index contributed by atoms with van der Waals surface area (Å²) in [7, 11) is 6.43. The van der Waals surface area contributed by atoms with Crippen LogP contribution in [0.15, 0.2) is 35.8 Å². The summed E-state index contributed by atoms with van der Waals surface area (Å²) in [5, 5.41) is 6.81. The predicted octanol–water partition coefficient (Wildman–Crippen LogP) is 3.63. The van der Waals surface area contributed by atoms with Crippen LogP contribution in [0, 0.1) is 0 Å². The second-order valence-corrected chi connectivity index (χ2v) is 9.26. The minimum Gasteiger partial charge on any atom is -0.365 e. The van der Waals surface area contributed by atoms with Gasteiger partial charge in [-0.3, -0.25) is 9.28 Å². The molecule has 1 aliphatic rings. The van der Waals surface area contributed by atoms with Gasteiger partial charge in [-0.1, -0.05) is 6.42 Å². The molecular weight excluding hydrogens is 396 g/mol. The van der Waals surface area contributed by atoms with Crippen molar-refractivity contribution in [2.45, 2.75) is 37.8 Å². The highest BCUT2D eigenvalue weighted by Gasteiger charge is 2.39. The van der Waals surface area contributed by atoms with Crippen LogP contribution in [0.1, 0.15) is 36.0 Å². The first-order valence-corrected chi connectivity index (χ1v) is 11.2. The zero-order valence-electron chi connectivity index (χ0n) is 17.7. The van der Waals surface area contributed by atoms with Gasteiger partial charge in [-0.05, 0) is 44.2 Å². The third-order valence-electron chi connectivity index (χ3n) is 6.26. The van der Waals surface area contributed by atoms with Crippen molar-refractivity contribution in [1.82, 2.24) is 19.8 Å². The first-order valence-electron chi connectivity index (χ1n) is 10.3. The molecular formula is C22H29N6OS+. The summed E-state index contributed by atoms with van der Waals surface area (Å²) in [5.41, 5.74) is 9.67. The van der Waals surface area contributed by atoms with Gasteiger partial charge in [0.25, 0.3) is 5.91 Å². The highest BCUT2D eigenvalue weighted by Crippen LogP contribution is 2.33. The van der Waals surface area contributed by atoms with Crippen LogP contribution in [-0.2, 0) is 0 Å².